The van der Waals surface area contributed by atoms with Crippen LogP contribution in [0, 0.1) is 5.92 Å². The highest BCUT2D eigenvalue weighted by Crippen LogP contribution is 2.24. The van der Waals surface area contributed by atoms with Crippen molar-refractivity contribution in [2.75, 3.05) is 13.1 Å². The number of nitrogens with zero attached hydrogens (tertiary/aromatic N) is 2. The van der Waals surface area contributed by atoms with Crippen molar-refractivity contribution in [3.05, 3.63) is 45.7 Å². The molecule has 1 N–H and O–H groups in total. The van der Waals surface area contributed by atoms with Crippen LogP contribution in [0.15, 0.2) is 23.7 Å². The van der Waals surface area contributed by atoms with Gasteiger partial charge in [0.25, 0.3) is 0 Å². The molecule has 1 aliphatic carbocycles. The topological polar surface area (TPSA) is 37.8 Å². The first-order valence-corrected chi connectivity index (χ1v) is 8.30. The number of fused-ring (bicyclic) bond motifs is 1. The third kappa shape index (κ3) is 3.25. The van der Waals surface area contributed by atoms with E-state index in [-0.39, 0.29) is 0 Å². The average molecular weight is 287 g/mol. The van der Waals surface area contributed by atoms with Gasteiger partial charge in [0.05, 0.1) is 0 Å². The molecule has 0 aromatic carbocycles. The second-order valence-electron chi connectivity index (χ2n) is 5.43. The van der Waals surface area contributed by atoms with Crippen molar-refractivity contribution in [1.82, 2.24) is 15.3 Å². The summed E-state index contributed by atoms with van der Waals surface area (Å²) in [5, 5.41) is 5.56. The van der Waals surface area contributed by atoms with E-state index in [1.54, 1.807) is 11.3 Å². The van der Waals surface area contributed by atoms with Gasteiger partial charge in [-0.05, 0) is 55.3 Å². The van der Waals surface area contributed by atoms with E-state index in [9.17, 15) is 0 Å². The minimum absolute atomic E-state index is 0.745. The maximum atomic E-state index is 4.78. The van der Waals surface area contributed by atoms with Crippen LogP contribution in [0.25, 0.3) is 0 Å². The lowest BCUT2D eigenvalue weighted by Gasteiger charge is -2.24. The van der Waals surface area contributed by atoms with E-state index in [0.29, 0.717) is 0 Å². The molecule has 1 atom stereocenters. The number of hydrogen-bond donors (Lipinski definition) is 1. The molecular weight excluding hydrogens is 266 g/mol. The van der Waals surface area contributed by atoms with Crippen molar-refractivity contribution in [2.45, 2.75) is 32.6 Å². The summed E-state index contributed by atoms with van der Waals surface area (Å²) in [7, 11) is 0. The van der Waals surface area contributed by atoms with Crippen LogP contribution in [-0.2, 0) is 19.3 Å². The molecule has 2 aromatic heterocycles. The molecule has 1 unspecified atom stereocenters. The summed E-state index contributed by atoms with van der Waals surface area (Å²) < 4.78 is 0. The summed E-state index contributed by atoms with van der Waals surface area (Å²) in [5.74, 6) is 1.71. The van der Waals surface area contributed by atoms with Crippen LogP contribution < -0.4 is 5.32 Å². The summed E-state index contributed by atoms with van der Waals surface area (Å²) in [6.07, 6.45) is 6.40. The summed E-state index contributed by atoms with van der Waals surface area (Å²) in [4.78, 5) is 10.7. The number of hydrogen-bond acceptors (Lipinski definition) is 4. The number of aromatic nitrogens is 2. The van der Waals surface area contributed by atoms with E-state index < -0.39 is 0 Å². The van der Waals surface area contributed by atoms with Crippen molar-refractivity contribution in [3.63, 3.8) is 0 Å². The molecule has 4 heteroatoms. The monoisotopic (exact) mass is 287 g/mol. The predicted octanol–water partition coefficient (Wildman–Crippen LogP) is 2.84. The van der Waals surface area contributed by atoms with Gasteiger partial charge in [-0.3, -0.25) is 0 Å². The van der Waals surface area contributed by atoms with Crippen molar-refractivity contribution < 1.29 is 0 Å². The number of rotatable bonds is 5. The Bertz CT molecular complexity index is 551. The van der Waals surface area contributed by atoms with Crippen LogP contribution in [0.5, 0.6) is 0 Å². The molecule has 0 bridgehead atoms. The Labute approximate surface area is 124 Å². The highest BCUT2D eigenvalue weighted by molar-refractivity contribution is 7.09. The Morgan fingerprint density at radius 2 is 2.40 bits per heavy atom. The quantitative estimate of drug-likeness (QED) is 0.919. The largest absolute Gasteiger partial charge is 0.317 e. The maximum Gasteiger partial charge on any atom is 0.133 e. The van der Waals surface area contributed by atoms with Gasteiger partial charge in [-0.25, -0.2) is 9.97 Å². The Balaban J connectivity index is 1.68. The number of aryl methyl sites for hydroxylation is 1. The standard InChI is InChI=1S/C16H21N3S/c1-2-17-10-12-5-6-15-13(8-12)11-18-16(19-15)9-14-4-3-7-20-14/h3-4,7,11-12,17H,2,5-6,8-10H2,1H3. The molecule has 3 nitrogen and oxygen atoms in total. The molecule has 0 amide bonds. The van der Waals surface area contributed by atoms with Gasteiger partial charge in [0.2, 0.25) is 0 Å². The molecule has 0 spiro atoms. The van der Waals surface area contributed by atoms with Gasteiger partial charge in [0.1, 0.15) is 5.82 Å². The minimum atomic E-state index is 0.745. The smallest absolute Gasteiger partial charge is 0.133 e. The normalized spacial score (nSPS) is 17.9. The fraction of sp³-hybridized carbons (Fsp3) is 0.500. The number of thiophene rings is 1. The lowest BCUT2D eigenvalue weighted by molar-refractivity contribution is 0.423. The fourth-order valence-electron chi connectivity index (χ4n) is 2.80. The number of nitrogens with one attached hydrogen (secondary N) is 1. The molecule has 2 heterocycles. The first kappa shape index (κ1) is 13.7. The molecule has 0 fully saturated rings. The average Bonchev–Trinajstić information content (AvgIpc) is 2.98. The van der Waals surface area contributed by atoms with Crippen molar-refractivity contribution in [3.8, 4) is 0 Å². The Kier molecular flexibility index (Phi) is 4.43. The van der Waals surface area contributed by atoms with Gasteiger partial charge in [0, 0.05) is 23.2 Å². The second-order valence-corrected chi connectivity index (χ2v) is 6.46. The van der Waals surface area contributed by atoms with Crippen molar-refractivity contribution in [2.24, 2.45) is 5.92 Å². The molecule has 20 heavy (non-hydrogen) atoms. The highest BCUT2D eigenvalue weighted by Gasteiger charge is 2.20. The van der Waals surface area contributed by atoms with Crippen LogP contribution in [-0.4, -0.2) is 23.1 Å². The first-order valence-electron chi connectivity index (χ1n) is 7.42. The van der Waals surface area contributed by atoms with Gasteiger partial charge < -0.3 is 5.32 Å². The molecule has 0 saturated carbocycles. The van der Waals surface area contributed by atoms with E-state index >= 15 is 0 Å². The van der Waals surface area contributed by atoms with E-state index in [4.69, 9.17) is 4.98 Å². The highest BCUT2D eigenvalue weighted by atomic mass is 32.1. The molecule has 106 valence electrons. The summed E-state index contributed by atoms with van der Waals surface area (Å²) in [6, 6.07) is 4.24. The molecule has 2 aromatic rings. The first-order chi connectivity index (χ1) is 9.85. The van der Waals surface area contributed by atoms with Crippen molar-refractivity contribution >= 4 is 11.3 Å². The lowest BCUT2D eigenvalue weighted by atomic mass is 9.87. The van der Waals surface area contributed by atoms with Crippen LogP contribution in [0.2, 0.25) is 0 Å². The van der Waals surface area contributed by atoms with Crippen molar-refractivity contribution in [1.29, 1.82) is 0 Å². The molecular formula is C16H21N3S. The zero-order valence-corrected chi connectivity index (χ0v) is 12.7. The second kappa shape index (κ2) is 6.46. The van der Waals surface area contributed by atoms with E-state index in [0.717, 1.165) is 44.1 Å². The van der Waals surface area contributed by atoms with Crippen LogP contribution in [0.3, 0.4) is 0 Å². The van der Waals surface area contributed by atoms with E-state index in [1.165, 1.54) is 22.6 Å². The molecule has 0 aliphatic heterocycles. The molecule has 3 rings (SSSR count). The zero-order chi connectivity index (χ0) is 13.8. The van der Waals surface area contributed by atoms with Gasteiger partial charge >= 0.3 is 0 Å². The minimum Gasteiger partial charge on any atom is -0.317 e. The zero-order valence-electron chi connectivity index (χ0n) is 11.9. The molecule has 0 radical (unpaired) electrons. The van der Waals surface area contributed by atoms with Gasteiger partial charge in [-0.2, -0.15) is 0 Å². The van der Waals surface area contributed by atoms with Crippen LogP contribution in [0.1, 0.15) is 35.3 Å². The summed E-state index contributed by atoms with van der Waals surface area (Å²) >= 11 is 1.78. The Morgan fingerprint density at radius 1 is 1.45 bits per heavy atom. The van der Waals surface area contributed by atoms with Gasteiger partial charge in [-0.1, -0.05) is 13.0 Å². The van der Waals surface area contributed by atoms with Gasteiger partial charge in [0.15, 0.2) is 0 Å². The predicted molar refractivity (Wildman–Crippen MR) is 83.2 cm³/mol. The van der Waals surface area contributed by atoms with E-state index in [1.807, 2.05) is 0 Å². The third-order valence-corrected chi connectivity index (χ3v) is 4.77. The summed E-state index contributed by atoms with van der Waals surface area (Å²) in [5.41, 5.74) is 2.63. The Morgan fingerprint density at radius 3 is 3.20 bits per heavy atom. The van der Waals surface area contributed by atoms with Gasteiger partial charge in [-0.15, -0.1) is 11.3 Å². The Hall–Kier alpha value is -1.26. The van der Waals surface area contributed by atoms with E-state index in [2.05, 4.69) is 40.9 Å². The maximum absolute atomic E-state index is 4.78. The SMILES string of the molecule is CCNCC1CCc2nc(Cc3cccs3)ncc2C1. The molecule has 0 saturated heterocycles. The lowest BCUT2D eigenvalue weighted by Crippen LogP contribution is -2.27. The van der Waals surface area contributed by atoms with Crippen LogP contribution >= 0.6 is 11.3 Å². The fourth-order valence-corrected chi connectivity index (χ4v) is 3.50. The van der Waals surface area contributed by atoms with Crippen LogP contribution in [0.4, 0.5) is 0 Å². The molecule has 1 aliphatic rings. The summed E-state index contributed by atoms with van der Waals surface area (Å²) in [6.45, 7) is 4.34. The third-order valence-electron chi connectivity index (χ3n) is 3.90.